The van der Waals surface area contributed by atoms with E-state index >= 15 is 0 Å². The van der Waals surface area contributed by atoms with E-state index < -0.39 is 0 Å². The molecule has 0 unspecified atom stereocenters. The molecule has 3 rings (SSSR count). The minimum absolute atomic E-state index is 1.11. The molecule has 1 fully saturated rings. The molecule has 0 aromatic carbocycles. The molecule has 0 saturated carbocycles. The molecule has 120 valence electrons. The predicted molar refractivity (Wildman–Crippen MR) is 99.0 cm³/mol. The van der Waals surface area contributed by atoms with Crippen molar-refractivity contribution in [2.24, 2.45) is 7.05 Å². The Morgan fingerprint density at radius 2 is 2.00 bits per heavy atom. The summed E-state index contributed by atoms with van der Waals surface area (Å²) in [5.74, 6) is 0. The van der Waals surface area contributed by atoms with Crippen molar-refractivity contribution in [2.75, 3.05) is 13.1 Å². The summed E-state index contributed by atoms with van der Waals surface area (Å²) in [6, 6.07) is 4.29. The number of nitrogens with zero attached hydrogens (tertiary/aromatic N) is 2. The third-order valence-corrected chi connectivity index (χ3v) is 4.66. The van der Waals surface area contributed by atoms with Gasteiger partial charge in [0.15, 0.2) is 0 Å². The van der Waals surface area contributed by atoms with E-state index in [2.05, 4.69) is 66.0 Å². The van der Waals surface area contributed by atoms with Crippen molar-refractivity contribution in [3.8, 4) is 11.3 Å². The van der Waals surface area contributed by atoms with Gasteiger partial charge in [-0.25, -0.2) is 0 Å². The lowest BCUT2D eigenvalue weighted by molar-refractivity contribution is 0.493. The van der Waals surface area contributed by atoms with Gasteiger partial charge < -0.3 is 14.5 Å². The van der Waals surface area contributed by atoms with Crippen molar-refractivity contribution >= 4 is 11.8 Å². The van der Waals surface area contributed by atoms with Gasteiger partial charge >= 0.3 is 0 Å². The first-order valence-corrected chi connectivity index (χ1v) is 8.20. The van der Waals surface area contributed by atoms with E-state index in [9.17, 15) is 0 Å². The monoisotopic (exact) mass is 307 g/mol. The lowest BCUT2D eigenvalue weighted by Gasteiger charge is -2.19. The molecule has 0 spiro atoms. The maximum absolute atomic E-state index is 4.27. The Balaban J connectivity index is 1.90. The molecule has 0 radical (unpaired) electrons. The Bertz CT molecular complexity index is 752. The summed E-state index contributed by atoms with van der Waals surface area (Å²) in [5, 5.41) is 0. The van der Waals surface area contributed by atoms with Crippen molar-refractivity contribution < 1.29 is 0 Å². The van der Waals surface area contributed by atoms with Crippen molar-refractivity contribution in [1.29, 1.82) is 0 Å². The zero-order chi connectivity index (χ0) is 16.4. The van der Waals surface area contributed by atoms with Gasteiger partial charge in [0.1, 0.15) is 0 Å². The summed E-state index contributed by atoms with van der Waals surface area (Å²) in [6.45, 7) is 12.4. The molecule has 1 saturated heterocycles. The zero-order valence-corrected chi connectivity index (χ0v) is 14.1. The van der Waals surface area contributed by atoms with Crippen LogP contribution in [0.3, 0.4) is 0 Å². The van der Waals surface area contributed by atoms with Gasteiger partial charge in [0.25, 0.3) is 0 Å². The number of hydrogen-bond acceptors (Lipinski definition) is 1. The Kier molecular flexibility index (Phi) is 4.28. The van der Waals surface area contributed by atoms with Gasteiger partial charge in [0, 0.05) is 43.3 Å². The van der Waals surface area contributed by atoms with Crippen LogP contribution in [0.1, 0.15) is 29.8 Å². The van der Waals surface area contributed by atoms with E-state index in [1.165, 1.54) is 29.7 Å². The topological polar surface area (TPSA) is 24.0 Å². The predicted octanol–water partition coefficient (Wildman–Crippen LogP) is 4.59. The van der Waals surface area contributed by atoms with Crippen LogP contribution in [0.5, 0.6) is 0 Å². The SMILES string of the molecule is C=C/C=C\c1c(C)c(-c2ccc(C(=C)N3CCCC3)[nH]2)cn1C. The second-order valence-corrected chi connectivity index (χ2v) is 6.19. The number of allylic oxidation sites excluding steroid dienone is 2. The average molecular weight is 307 g/mol. The molecule has 1 aliphatic rings. The van der Waals surface area contributed by atoms with Crippen molar-refractivity contribution in [3.05, 3.63) is 60.6 Å². The lowest BCUT2D eigenvalue weighted by Crippen LogP contribution is -2.16. The van der Waals surface area contributed by atoms with Crippen LogP contribution < -0.4 is 0 Å². The Labute approximate surface area is 138 Å². The quantitative estimate of drug-likeness (QED) is 0.802. The highest BCUT2D eigenvalue weighted by molar-refractivity contribution is 5.72. The summed E-state index contributed by atoms with van der Waals surface area (Å²) >= 11 is 0. The van der Waals surface area contributed by atoms with E-state index in [0.29, 0.717) is 0 Å². The van der Waals surface area contributed by atoms with Crippen LogP contribution in [-0.2, 0) is 7.05 Å². The van der Waals surface area contributed by atoms with E-state index in [0.717, 1.165) is 30.2 Å². The zero-order valence-electron chi connectivity index (χ0n) is 14.1. The van der Waals surface area contributed by atoms with Crippen LogP contribution >= 0.6 is 0 Å². The first-order chi connectivity index (χ1) is 11.1. The summed E-state index contributed by atoms with van der Waals surface area (Å²) in [7, 11) is 2.08. The first kappa shape index (κ1) is 15.5. The number of rotatable bonds is 5. The largest absolute Gasteiger partial charge is 0.370 e. The van der Waals surface area contributed by atoms with Gasteiger partial charge in [-0.3, -0.25) is 0 Å². The maximum Gasteiger partial charge on any atom is 0.0616 e. The first-order valence-electron chi connectivity index (χ1n) is 8.20. The van der Waals surface area contributed by atoms with Gasteiger partial charge in [-0.05, 0) is 43.5 Å². The van der Waals surface area contributed by atoms with Gasteiger partial charge in [0.05, 0.1) is 11.4 Å². The van der Waals surface area contributed by atoms with Gasteiger partial charge in [-0.2, -0.15) is 0 Å². The molecule has 0 amide bonds. The standard InChI is InChI=1S/C20H25N3/c1-5-6-9-20-15(2)17(14-22(20)4)19-11-10-18(21-19)16(3)23-12-7-8-13-23/h5-6,9-11,14,21H,1,3,7-8,12-13H2,2,4H3/b9-6-. The number of aromatic amines is 1. The van der Waals surface area contributed by atoms with Crippen LogP contribution in [-0.4, -0.2) is 27.5 Å². The fourth-order valence-electron chi connectivity index (χ4n) is 3.31. The molecule has 2 aromatic heterocycles. The molecule has 3 heteroatoms. The average Bonchev–Trinajstić information content (AvgIpc) is 3.26. The van der Waals surface area contributed by atoms with E-state index in [1.54, 1.807) is 6.08 Å². The van der Waals surface area contributed by atoms with Crippen molar-refractivity contribution in [1.82, 2.24) is 14.5 Å². The van der Waals surface area contributed by atoms with Crippen LogP contribution in [0.4, 0.5) is 0 Å². The summed E-state index contributed by atoms with van der Waals surface area (Å²) in [6.07, 6.45) is 10.6. The molecule has 0 aliphatic carbocycles. The molecule has 3 nitrogen and oxygen atoms in total. The van der Waals surface area contributed by atoms with E-state index in [4.69, 9.17) is 0 Å². The van der Waals surface area contributed by atoms with Crippen LogP contribution in [0.2, 0.25) is 0 Å². The number of H-pyrrole nitrogens is 1. The molecule has 0 atom stereocenters. The van der Waals surface area contributed by atoms with Crippen LogP contribution in [0, 0.1) is 6.92 Å². The number of nitrogens with one attached hydrogen (secondary N) is 1. The van der Waals surface area contributed by atoms with Gasteiger partial charge in [-0.15, -0.1) is 0 Å². The highest BCUT2D eigenvalue weighted by Gasteiger charge is 2.17. The number of aryl methyl sites for hydroxylation is 1. The van der Waals surface area contributed by atoms with Gasteiger partial charge in [-0.1, -0.05) is 25.3 Å². The normalized spacial score (nSPS) is 14.8. The highest BCUT2D eigenvalue weighted by Crippen LogP contribution is 2.30. The highest BCUT2D eigenvalue weighted by atomic mass is 15.2. The van der Waals surface area contributed by atoms with E-state index in [1.807, 2.05) is 6.08 Å². The number of hydrogen-bond donors (Lipinski definition) is 1. The maximum atomic E-state index is 4.27. The van der Waals surface area contributed by atoms with Gasteiger partial charge in [0.2, 0.25) is 0 Å². The second-order valence-electron chi connectivity index (χ2n) is 6.19. The third kappa shape index (κ3) is 2.91. The van der Waals surface area contributed by atoms with Crippen LogP contribution in [0.15, 0.2) is 43.6 Å². The molecule has 1 aliphatic heterocycles. The number of aromatic nitrogens is 2. The summed E-state index contributed by atoms with van der Waals surface area (Å²) in [5.41, 5.74) is 7.08. The second kappa shape index (κ2) is 6.37. The summed E-state index contributed by atoms with van der Waals surface area (Å²) in [4.78, 5) is 5.91. The molecule has 1 N–H and O–H groups in total. The van der Waals surface area contributed by atoms with E-state index in [-0.39, 0.29) is 0 Å². The minimum atomic E-state index is 1.11. The Morgan fingerprint density at radius 1 is 1.26 bits per heavy atom. The smallest absolute Gasteiger partial charge is 0.0616 e. The molecular formula is C20H25N3. The lowest BCUT2D eigenvalue weighted by atomic mass is 10.1. The van der Waals surface area contributed by atoms with Crippen molar-refractivity contribution in [2.45, 2.75) is 19.8 Å². The third-order valence-electron chi connectivity index (χ3n) is 4.66. The molecule has 3 heterocycles. The molecule has 0 bridgehead atoms. The number of likely N-dealkylation sites (tertiary alicyclic amines) is 1. The Hall–Kier alpha value is -2.42. The molecule has 2 aromatic rings. The van der Waals surface area contributed by atoms with Crippen LogP contribution in [0.25, 0.3) is 23.0 Å². The van der Waals surface area contributed by atoms with Crippen molar-refractivity contribution in [3.63, 3.8) is 0 Å². The fourth-order valence-corrected chi connectivity index (χ4v) is 3.31. The molecular weight excluding hydrogens is 282 g/mol. The fraction of sp³-hybridized carbons (Fsp3) is 0.300. The Morgan fingerprint density at radius 3 is 2.70 bits per heavy atom. The minimum Gasteiger partial charge on any atom is -0.370 e. The summed E-state index contributed by atoms with van der Waals surface area (Å²) < 4.78 is 2.15. The molecule has 23 heavy (non-hydrogen) atoms.